The molecule has 7 heteroatoms. The zero-order valence-electron chi connectivity index (χ0n) is 11.0. The van der Waals surface area contributed by atoms with E-state index in [2.05, 4.69) is 37.2 Å². The van der Waals surface area contributed by atoms with E-state index in [0.717, 1.165) is 7.57 Å². The Bertz CT molecular complexity index is 474. The second-order valence-corrected chi connectivity index (χ2v) is 8.03. The summed E-state index contributed by atoms with van der Waals surface area (Å²) in [6.45, 7) is 6.21. The molecule has 2 amide bonds. The fraction of sp³-hybridized carbons (Fsp3) is 0.500. The van der Waals surface area contributed by atoms with Crippen molar-refractivity contribution in [3.63, 3.8) is 0 Å². The quantitative estimate of drug-likeness (QED) is 0.808. The topological polar surface area (TPSA) is 49.4 Å². The molecule has 0 saturated carbocycles. The van der Waals surface area contributed by atoms with Gasteiger partial charge in [-0.1, -0.05) is 0 Å². The maximum atomic E-state index is 12.3. The lowest BCUT2D eigenvalue weighted by Gasteiger charge is -2.20. The molecule has 19 heavy (non-hydrogen) atoms. The number of nitrogens with one attached hydrogen (secondary N) is 1. The monoisotopic (exact) mass is 410 g/mol. The number of carbonyl (C=O) groups excluding carboxylic acids is 2. The highest BCUT2D eigenvalue weighted by atomic mass is 79.9. The normalized spacial score (nSPS) is 10.6. The van der Waals surface area contributed by atoms with Crippen LogP contribution in [0.1, 0.15) is 31.1 Å². The van der Waals surface area contributed by atoms with Crippen LogP contribution in [-0.4, -0.2) is 35.8 Å². The van der Waals surface area contributed by atoms with Gasteiger partial charge in [0.15, 0.2) is 0 Å². The molecule has 1 heterocycles. The van der Waals surface area contributed by atoms with Gasteiger partial charge in [0.25, 0.3) is 5.91 Å². The molecule has 4 nitrogen and oxygen atoms in total. The molecule has 1 rings (SSSR count). The maximum Gasteiger partial charge on any atom is 0.256 e. The number of carbonyl (C=O) groups is 2. The molecule has 0 aliphatic carbocycles. The minimum Gasteiger partial charge on any atom is -0.352 e. The van der Waals surface area contributed by atoms with Crippen LogP contribution in [0.25, 0.3) is 0 Å². The summed E-state index contributed by atoms with van der Waals surface area (Å²) in [6.07, 6.45) is 0. The van der Waals surface area contributed by atoms with Crippen molar-refractivity contribution in [2.75, 3.05) is 13.1 Å². The second-order valence-electron chi connectivity index (χ2n) is 4.28. The highest BCUT2D eigenvalue weighted by molar-refractivity contribution is 9.12. The van der Waals surface area contributed by atoms with Gasteiger partial charge in [0.05, 0.1) is 19.7 Å². The van der Waals surface area contributed by atoms with Crippen molar-refractivity contribution in [2.45, 2.75) is 26.8 Å². The van der Waals surface area contributed by atoms with Crippen LogP contribution in [0.4, 0.5) is 0 Å². The van der Waals surface area contributed by atoms with Gasteiger partial charge in [-0.2, -0.15) is 0 Å². The summed E-state index contributed by atoms with van der Waals surface area (Å²) < 4.78 is 1.65. The van der Waals surface area contributed by atoms with Crippen LogP contribution in [0.15, 0.2) is 13.6 Å². The van der Waals surface area contributed by atoms with Gasteiger partial charge in [0.2, 0.25) is 5.91 Å². The van der Waals surface area contributed by atoms with Gasteiger partial charge in [-0.15, -0.1) is 11.3 Å². The third-order valence-corrected chi connectivity index (χ3v) is 4.68. The summed E-state index contributed by atoms with van der Waals surface area (Å²) in [7, 11) is 0. The molecular formula is C12H16Br2N2O2S. The fourth-order valence-corrected chi connectivity index (χ4v) is 4.30. The number of halogens is 2. The number of nitrogens with zero attached hydrogens (tertiary/aromatic N) is 1. The molecular weight excluding hydrogens is 396 g/mol. The molecule has 0 saturated heterocycles. The minimum atomic E-state index is -0.143. The van der Waals surface area contributed by atoms with Crippen LogP contribution in [0.3, 0.4) is 0 Å². The van der Waals surface area contributed by atoms with E-state index in [9.17, 15) is 9.59 Å². The van der Waals surface area contributed by atoms with E-state index < -0.39 is 0 Å². The first-order valence-electron chi connectivity index (χ1n) is 5.88. The van der Waals surface area contributed by atoms with Gasteiger partial charge in [0, 0.05) is 12.6 Å². The molecule has 0 aliphatic heterocycles. The van der Waals surface area contributed by atoms with Gasteiger partial charge in [-0.3, -0.25) is 9.59 Å². The number of rotatable bonds is 5. The van der Waals surface area contributed by atoms with Gasteiger partial charge < -0.3 is 10.2 Å². The highest BCUT2D eigenvalue weighted by Crippen LogP contribution is 2.32. The number of likely N-dealkylation sites (N-methyl/N-ethyl adjacent to an activating group) is 1. The second kappa shape index (κ2) is 7.40. The summed E-state index contributed by atoms with van der Waals surface area (Å²) in [4.78, 5) is 25.6. The molecule has 0 radical (unpaired) electrons. The SMILES string of the molecule is CCN(CC(=O)NC(C)C)C(=O)c1cc(Br)sc1Br. The van der Waals surface area contributed by atoms with Crippen LogP contribution < -0.4 is 5.32 Å². The predicted octanol–water partition coefficient (Wildman–Crippen LogP) is 3.26. The third kappa shape index (κ3) is 4.89. The number of thiophene rings is 1. The zero-order valence-corrected chi connectivity index (χ0v) is 15.0. The van der Waals surface area contributed by atoms with Crippen molar-refractivity contribution in [3.05, 3.63) is 19.2 Å². The largest absolute Gasteiger partial charge is 0.352 e. The Labute approximate surface area is 133 Å². The molecule has 0 fully saturated rings. The molecule has 106 valence electrons. The van der Waals surface area contributed by atoms with Gasteiger partial charge in [0.1, 0.15) is 0 Å². The van der Waals surface area contributed by atoms with Gasteiger partial charge in [-0.25, -0.2) is 0 Å². The molecule has 0 bridgehead atoms. The van der Waals surface area contributed by atoms with Crippen molar-refractivity contribution >= 4 is 55.0 Å². The molecule has 0 atom stereocenters. The summed E-state index contributed by atoms with van der Waals surface area (Å²) in [5.41, 5.74) is 0.580. The number of amides is 2. The Hall–Kier alpha value is -0.400. The molecule has 0 aromatic carbocycles. The minimum absolute atomic E-state index is 0.0725. The molecule has 0 spiro atoms. The van der Waals surface area contributed by atoms with Crippen LogP contribution >= 0.6 is 43.2 Å². The average molecular weight is 412 g/mol. The van der Waals surface area contributed by atoms with Gasteiger partial charge in [-0.05, 0) is 58.7 Å². The average Bonchev–Trinajstić information content (AvgIpc) is 2.63. The lowest BCUT2D eigenvalue weighted by Crippen LogP contribution is -2.42. The van der Waals surface area contributed by atoms with Crippen molar-refractivity contribution < 1.29 is 9.59 Å². The maximum absolute atomic E-state index is 12.3. The van der Waals surface area contributed by atoms with Crippen LogP contribution in [0.5, 0.6) is 0 Å². The van der Waals surface area contributed by atoms with E-state index in [-0.39, 0.29) is 24.4 Å². The predicted molar refractivity (Wildman–Crippen MR) is 84.6 cm³/mol. The molecule has 1 N–H and O–H groups in total. The zero-order chi connectivity index (χ0) is 14.6. The van der Waals surface area contributed by atoms with Crippen molar-refractivity contribution in [3.8, 4) is 0 Å². The first-order chi connectivity index (χ1) is 8.85. The Morgan fingerprint density at radius 2 is 2.05 bits per heavy atom. The van der Waals surface area contributed by atoms with Crippen LogP contribution in [0.2, 0.25) is 0 Å². The summed E-state index contributed by atoms with van der Waals surface area (Å²) in [5, 5.41) is 2.78. The van der Waals surface area contributed by atoms with Crippen molar-refractivity contribution in [1.82, 2.24) is 10.2 Å². The molecule has 0 aliphatic rings. The van der Waals surface area contributed by atoms with E-state index in [4.69, 9.17) is 0 Å². The Morgan fingerprint density at radius 3 is 2.47 bits per heavy atom. The first-order valence-corrected chi connectivity index (χ1v) is 8.28. The van der Waals surface area contributed by atoms with Crippen LogP contribution in [0, 0.1) is 0 Å². The highest BCUT2D eigenvalue weighted by Gasteiger charge is 2.21. The number of hydrogen-bond donors (Lipinski definition) is 1. The Kier molecular flexibility index (Phi) is 6.49. The molecule has 0 unspecified atom stereocenters. The van der Waals surface area contributed by atoms with E-state index in [1.165, 1.54) is 16.2 Å². The smallest absolute Gasteiger partial charge is 0.256 e. The first kappa shape index (κ1) is 16.7. The van der Waals surface area contributed by atoms with E-state index in [1.54, 1.807) is 6.07 Å². The summed E-state index contributed by atoms with van der Waals surface area (Å²) >= 11 is 8.15. The van der Waals surface area contributed by atoms with Gasteiger partial charge >= 0.3 is 0 Å². The Morgan fingerprint density at radius 1 is 1.42 bits per heavy atom. The van der Waals surface area contributed by atoms with Crippen LogP contribution in [-0.2, 0) is 4.79 Å². The summed E-state index contributed by atoms with van der Waals surface area (Å²) in [5.74, 6) is -0.286. The number of hydrogen-bond acceptors (Lipinski definition) is 3. The lowest BCUT2D eigenvalue weighted by atomic mass is 10.3. The molecule has 1 aromatic rings. The molecule has 1 aromatic heterocycles. The van der Waals surface area contributed by atoms with E-state index in [0.29, 0.717) is 12.1 Å². The van der Waals surface area contributed by atoms with E-state index in [1.807, 2.05) is 20.8 Å². The van der Waals surface area contributed by atoms with Crippen molar-refractivity contribution in [2.24, 2.45) is 0 Å². The summed E-state index contributed by atoms with van der Waals surface area (Å²) in [6, 6.07) is 1.84. The standard InChI is InChI=1S/C12H16Br2N2O2S/c1-4-16(6-10(17)15-7(2)3)12(18)8-5-9(13)19-11(8)14/h5,7H,4,6H2,1-3H3,(H,15,17). The Balaban J connectivity index is 2.77. The lowest BCUT2D eigenvalue weighted by molar-refractivity contribution is -0.122. The van der Waals surface area contributed by atoms with E-state index >= 15 is 0 Å². The van der Waals surface area contributed by atoms with Crippen molar-refractivity contribution in [1.29, 1.82) is 0 Å². The fourth-order valence-electron chi connectivity index (χ4n) is 1.52. The third-order valence-electron chi connectivity index (χ3n) is 2.34.